The first-order valence-electron chi connectivity index (χ1n) is 7.36. The molecule has 0 heterocycles. The molecular weight excluding hydrogens is 248 g/mol. The lowest BCUT2D eigenvalue weighted by molar-refractivity contribution is -0.133. The number of unbranched alkanes of at least 4 members (excludes halogenated alkanes) is 2. The molecule has 3 heteroatoms. The highest BCUT2D eigenvalue weighted by Crippen LogP contribution is 2.19. The van der Waals surface area contributed by atoms with Crippen LogP contribution in [0.1, 0.15) is 51.5 Å². The maximum atomic E-state index is 12.6. The highest BCUT2D eigenvalue weighted by molar-refractivity contribution is 5.86. The second-order valence-corrected chi connectivity index (χ2v) is 5.31. The minimum absolute atomic E-state index is 0.0789. The molecule has 0 aliphatic rings. The van der Waals surface area contributed by atoms with Crippen molar-refractivity contribution in [3.8, 4) is 6.07 Å². The number of nitrogens with zero attached hydrogens (tertiary/aromatic N) is 2. The molecule has 0 aliphatic heterocycles. The highest BCUT2D eigenvalue weighted by Gasteiger charge is 2.26. The van der Waals surface area contributed by atoms with Crippen molar-refractivity contribution in [1.29, 1.82) is 5.26 Å². The van der Waals surface area contributed by atoms with E-state index < -0.39 is 5.92 Å². The largest absolute Gasteiger partial charge is 0.339 e. The lowest BCUT2D eigenvalue weighted by atomic mass is 9.98. The monoisotopic (exact) mass is 272 g/mol. The van der Waals surface area contributed by atoms with Gasteiger partial charge in [-0.2, -0.15) is 5.26 Å². The van der Waals surface area contributed by atoms with Gasteiger partial charge in [-0.3, -0.25) is 4.79 Å². The minimum Gasteiger partial charge on any atom is -0.339 e. The van der Waals surface area contributed by atoms with Crippen molar-refractivity contribution in [1.82, 2.24) is 4.90 Å². The lowest BCUT2D eigenvalue weighted by Gasteiger charge is -2.28. The summed E-state index contributed by atoms with van der Waals surface area (Å²) >= 11 is 0. The summed E-state index contributed by atoms with van der Waals surface area (Å²) in [5, 5.41) is 9.35. The summed E-state index contributed by atoms with van der Waals surface area (Å²) in [5.41, 5.74) is 0.779. The van der Waals surface area contributed by atoms with Gasteiger partial charge < -0.3 is 4.90 Å². The fraction of sp³-hybridized carbons (Fsp3) is 0.529. The van der Waals surface area contributed by atoms with E-state index >= 15 is 0 Å². The van der Waals surface area contributed by atoms with Crippen LogP contribution in [0.5, 0.6) is 0 Å². The number of carbonyl (C=O) groups is 1. The molecule has 1 amide bonds. The number of rotatable bonds is 7. The normalized spacial score (nSPS) is 11.9. The fourth-order valence-corrected chi connectivity index (χ4v) is 2.24. The molecule has 1 rings (SSSR count). The van der Waals surface area contributed by atoms with E-state index in [2.05, 4.69) is 13.0 Å². The van der Waals surface area contributed by atoms with Crippen LogP contribution in [0.25, 0.3) is 0 Å². The Kier molecular flexibility index (Phi) is 6.79. The van der Waals surface area contributed by atoms with Crippen LogP contribution in [-0.4, -0.2) is 23.4 Å². The Bertz CT molecular complexity index is 448. The highest BCUT2D eigenvalue weighted by atomic mass is 16.2. The minimum atomic E-state index is -0.694. The molecule has 0 saturated heterocycles. The molecule has 3 nitrogen and oxygen atoms in total. The first kappa shape index (κ1) is 16.2. The Morgan fingerprint density at radius 3 is 2.40 bits per heavy atom. The summed E-state index contributed by atoms with van der Waals surface area (Å²) in [6.45, 7) is 6.88. The van der Waals surface area contributed by atoms with Gasteiger partial charge in [0.1, 0.15) is 5.92 Å². The van der Waals surface area contributed by atoms with Gasteiger partial charge in [-0.15, -0.1) is 0 Å². The predicted molar refractivity (Wildman–Crippen MR) is 81.2 cm³/mol. The smallest absolute Gasteiger partial charge is 0.244 e. The van der Waals surface area contributed by atoms with Gasteiger partial charge in [-0.1, -0.05) is 50.1 Å². The van der Waals surface area contributed by atoms with Gasteiger partial charge in [0.2, 0.25) is 5.91 Å². The molecule has 1 aromatic rings. The summed E-state index contributed by atoms with van der Waals surface area (Å²) in [7, 11) is 0. The molecule has 0 saturated carbocycles. The van der Waals surface area contributed by atoms with Crippen LogP contribution < -0.4 is 0 Å². The molecule has 0 spiro atoms. The summed E-state index contributed by atoms with van der Waals surface area (Å²) in [6, 6.07) is 11.6. The van der Waals surface area contributed by atoms with E-state index in [4.69, 9.17) is 0 Å². The summed E-state index contributed by atoms with van der Waals surface area (Å²) < 4.78 is 0. The van der Waals surface area contributed by atoms with E-state index in [1.165, 1.54) is 0 Å². The maximum Gasteiger partial charge on any atom is 0.244 e. The average Bonchev–Trinajstić information content (AvgIpc) is 2.45. The number of nitriles is 1. The molecule has 108 valence electrons. The molecule has 0 fully saturated rings. The third-order valence-corrected chi connectivity index (χ3v) is 3.42. The van der Waals surface area contributed by atoms with Crippen LogP contribution in [0.4, 0.5) is 0 Å². The fourth-order valence-electron chi connectivity index (χ4n) is 2.24. The lowest BCUT2D eigenvalue weighted by Crippen LogP contribution is -2.40. The molecule has 1 unspecified atom stereocenters. The number of carbonyl (C=O) groups excluding carboxylic acids is 1. The van der Waals surface area contributed by atoms with Crippen molar-refractivity contribution in [2.45, 2.75) is 52.0 Å². The molecule has 1 atom stereocenters. The molecule has 0 radical (unpaired) electrons. The molecule has 0 bridgehead atoms. The molecule has 0 aliphatic carbocycles. The van der Waals surface area contributed by atoms with Crippen LogP contribution in [0.2, 0.25) is 0 Å². The standard InChI is InChI=1S/C17H24N2O/c1-4-5-9-12-19(14(2)3)17(20)16(13-18)15-10-7-6-8-11-15/h6-8,10-11,14,16H,4-5,9,12H2,1-3H3. The van der Waals surface area contributed by atoms with Crippen molar-refractivity contribution < 1.29 is 4.79 Å². The van der Waals surface area contributed by atoms with Gasteiger partial charge in [0, 0.05) is 12.6 Å². The Balaban J connectivity index is 2.84. The Labute approximate surface area is 122 Å². The third-order valence-electron chi connectivity index (χ3n) is 3.42. The number of hydrogen-bond acceptors (Lipinski definition) is 2. The van der Waals surface area contributed by atoms with Crippen LogP contribution in [0, 0.1) is 11.3 Å². The van der Waals surface area contributed by atoms with Gasteiger partial charge in [0.15, 0.2) is 0 Å². The van der Waals surface area contributed by atoms with Gasteiger partial charge in [0.05, 0.1) is 6.07 Å². The van der Waals surface area contributed by atoms with Crippen molar-refractivity contribution in [3.05, 3.63) is 35.9 Å². The van der Waals surface area contributed by atoms with Gasteiger partial charge in [-0.05, 0) is 25.8 Å². The molecule has 1 aromatic carbocycles. The third kappa shape index (κ3) is 4.38. The zero-order valence-corrected chi connectivity index (χ0v) is 12.7. The van der Waals surface area contributed by atoms with Gasteiger partial charge >= 0.3 is 0 Å². The van der Waals surface area contributed by atoms with Gasteiger partial charge in [-0.25, -0.2) is 0 Å². The molecule has 0 N–H and O–H groups in total. The van der Waals surface area contributed by atoms with Crippen molar-refractivity contribution in [2.24, 2.45) is 0 Å². The molecule has 0 aromatic heterocycles. The van der Waals surface area contributed by atoms with Crippen LogP contribution >= 0.6 is 0 Å². The van der Waals surface area contributed by atoms with E-state index in [0.29, 0.717) is 0 Å². The zero-order chi connectivity index (χ0) is 15.0. The van der Waals surface area contributed by atoms with Crippen molar-refractivity contribution >= 4 is 5.91 Å². The second kappa shape index (κ2) is 8.37. The van der Waals surface area contributed by atoms with Crippen LogP contribution in [0.15, 0.2) is 30.3 Å². The molecule has 20 heavy (non-hydrogen) atoms. The van der Waals surface area contributed by atoms with Crippen molar-refractivity contribution in [2.75, 3.05) is 6.54 Å². The SMILES string of the molecule is CCCCCN(C(=O)C(C#N)c1ccccc1)C(C)C. The van der Waals surface area contributed by atoms with Crippen LogP contribution in [-0.2, 0) is 4.79 Å². The average molecular weight is 272 g/mol. The molecular formula is C17H24N2O. The van der Waals surface area contributed by atoms with E-state index in [9.17, 15) is 10.1 Å². The topological polar surface area (TPSA) is 44.1 Å². The van der Waals surface area contributed by atoms with E-state index in [1.54, 1.807) is 0 Å². The zero-order valence-electron chi connectivity index (χ0n) is 12.7. The van der Waals surface area contributed by atoms with E-state index in [1.807, 2.05) is 49.1 Å². The first-order valence-corrected chi connectivity index (χ1v) is 7.36. The number of amides is 1. The first-order chi connectivity index (χ1) is 9.61. The van der Waals surface area contributed by atoms with Gasteiger partial charge in [0.25, 0.3) is 0 Å². The number of hydrogen-bond donors (Lipinski definition) is 0. The Hall–Kier alpha value is -1.82. The predicted octanol–water partition coefficient (Wildman–Crippen LogP) is 3.72. The van der Waals surface area contributed by atoms with Crippen LogP contribution in [0.3, 0.4) is 0 Å². The quantitative estimate of drug-likeness (QED) is 0.710. The summed E-state index contributed by atoms with van der Waals surface area (Å²) in [4.78, 5) is 14.4. The second-order valence-electron chi connectivity index (χ2n) is 5.31. The van der Waals surface area contributed by atoms with E-state index in [-0.39, 0.29) is 11.9 Å². The summed E-state index contributed by atoms with van der Waals surface area (Å²) in [5.74, 6) is -0.773. The van der Waals surface area contributed by atoms with E-state index in [0.717, 1.165) is 31.4 Å². The Morgan fingerprint density at radius 1 is 1.25 bits per heavy atom. The Morgan fingerprint density at radius 2 is 1.90 bits per heavy atom. The summed E-state index contributed by atoms with van der Waals surface area (Å²) in [6.07, 6.45) is 3.23. The number of benzene rings is 1. The maximum absolute atomic E-state index is 12.6. The van der Waals surface area contributed by atoms with Crippen molar-refractivity contribution in [3.63, 3.8) is 0 Å².